The van der Waals surface area contributed by atoms with Gasteiger partial charge in [0.25, 0.3) is 10.0 Å². The molecular formula is C12H21ClN4O2S. The van der Waals surface area contributed by atoms with Gasteiger partial charge in [-0.25, -0.2) is 13.4 Å². The van der Waals surface area contributed by atoms with Crippen LogP contribution in [-0.4, -0.2) is 48.0 Å². The molecule has 2 aliphatic heterocycles. The molecule has 0 aliphatic carbocycles. The van der Waals surface area contributed by atoms with Crippen molar-refractivity contribution in [1.29, 1.82) is 0 Å². The topological polar surface area (TPSA) is 67.2 Å². The first-order chi connectivity index (χ1) is 9.07. The van der Waals surface area contributed by atoms with E-state index >= 15 is 0 Å². The predicted octanol–water partition coefficient (Wildman–Crippen LogP) is 0.624. The van der Waals surface area contributed by atoms with E-state index in [0.717, 1.165) is 31.6 Å². The molecule has 0 aromatic carbocycles. The van der Waals surface area contributed by atoms with Crippen molar-refractivity contribution in [3.63, 3.8) is 0 Å². The van der Waals surface area contributed by atoms with E-state index in [0.29, 0.717) is 19.6 Å². The highest BCUT2D eigenvalue weighted by atomic mass is 35.5. The first-order valence-corrected chi connectivity index (χ1v) is 8.31. The molecule has 0 amide bonds. The summed E-state index contributed by atoms with van der Waals surface area (Å²) in [4.78, 5) is 4.34. The lowest BCUT2D eigenvalue weighted by molar-refractivity contribution is 0.309. The highest BCUT2D eigenvalue weighted by molar-refractivity contribution is 7.89. The van der Waals surface area contributed by atoms with Gasteiger partial charge in [0.2, 0.25) is 0 Å². The second-order valence-electron chi connectivity index (χ2n) is 5.36. The number of fused-ring (bicyclic) bond motifs is 1. The quantitative estimate of drug-likeness (QED) is 0.867. The predicted molar refractivity (Wildman–Crippen MR) is 78.6 cm³/mol. The minimum absolute atomic E-state index is 0. The molecule has 1 N–H and O–H groups in total. The Bertz CT molecular complexity index is 549. The van der Waals surface area contributed by atoms with E-state index in [1.807, 2.05) is 11.5 Å². The summed E-state index contributed by atoms with van der Waals surface area (Å²) in [5, 5.41) is 3.47. The summed E-state index contributed by atoms with van der Waals surface area (Å²) in [6.45, 7) is 4.63. The summed E-state index contributed by atoms with van der Waals surface area (Å²) < 4.78 is 28.7. The number of rotatable bonds is 2. The van der Waals surface area contributed by atoms with Crippen LogP contribution >= 0.6 is 12.4 Å². The summed E-state index contributed by atoms with van der Waals surface area (Å²) in [7, 11) is -3.43. The largest absolute Gasteiger partial charge is 0.333 e. The Morgan fingerprint density at radius 1 is 1.35 bits per heavy atom. The van der Waals surface area contributed by atoms with E-state index in [-0.39, 0.29) is 23.5 Å². The second kappa shape index (κ2) is 6.01. The molecule has 1 aromatic heterocycles. The molecule has 0 radical (unpaired) electrons. The minimum atomic E-state index is -3.43. The fourth-order valence-corrected chi connectivity index (χ4v) is 4.26. The Labute approximate surface area is 126 Å². The Morgan fingerprint density at radius 3 is 2.85 bits per heavy atom. The number of piperazine rings is 1. The molecule has 114 valence electrons. The van der Waals surface area contributed by atoms with Crippen molar-refractivity contribution in [2.75, 3.05) is 19.6 Å². The number of nitrogens with one attached hydrogen (secondary N) is 1. The zero-order valence-corrected chi connectivity index (χ0v) is 13.2. The molecule has 8 heteroatoms. The number of hydrogen-bond donors (Lipinski definition) is 1. The van der Waals surface area contributed by atoms with Gasteiger partial charge in [0.05, 0.1) is 0 Å². The molecule has 3 rings (SSSR count). The van der Waals surface area contributed by atoms with Crippen molar-refractivity contribution < 1.29 is 8.42 Å². The Balaban J connectivity index is 0.00000147. The fourth-order valence-electron chi connectivity index (χ4n) is 2.76. The summed E-state index contributed by atoms with van der Waals surface area (Å²) in [5.74, 6) is 0.910. The Kier molecular flexibility index (Phi) is 4.73. The van der Waals surface area contributed by atoms with Crippen LogP contribution in [0.4, 0.5) is 0 Å². The molecule has 6 nitrogen and oxygen atoms in total. The van der Waals surface area contributed by atoms with Crippen molar-refractivity contribution in [2.24, 2.45) is 0 Å². The summed E-state index contributed by atoms with van der Waals surface area (Å²) in [6.07, 6.45) is 4.79. The van der Waals surface area contributed by atoms with Crippen LogP contribution in [0.5, 0.6) is 0 Å². The number of imidazole rings is 1. The van der Waals surface area contributed by atoms with Crippen LogP contribution in [-0.2, 0) is 23.0 Å². The van der Waals surface area contributed by atoms with Gasteiger partial charge in [0.15, 0.2) is 5.03 Å². The van der Waals surface area contributed by atoms with Gasteiger partial charge in [-0.1, -0.05) is 0 Å². The first-order valence-electron chi connectivity index (χ1n) is 6.87. The standard InChI is InChI=1S/C12H20N4O2S.ClH/c1-10-8-16(7-5-13-10)19(17,18)12-9-15-6-3-2-4-11(15)14-12;/h9-10,13H,2-8H2,1H3;1H. The zero-order valence-electron chi connectivity index (χ0n) is 11.6. The third-order valence-corrected chi connectivity index (χ3v) is 5.56. The molecule has 0 bridgehead atoms. The SMILES string of the molecule is CC1CN(S(=O)(=O)c2cn3c(n2)CCCC3)CCN1.Cl. The van der Waals surface area contributed by atoms with Gasteiger partial charge in [-0.15, -0.1) is 12.4 Å². The van der Waals surface area contributed by atoms with Crippen molar-refractivity contribution >= 4 is 22.4 Å². The zero-order chi connectivity index (χ0) is 13.5. The molecular weight excluding hydrogens is 300 g/mol. The molecule has 2 aliphatic rings. The monoisotopic (exact) mass is 320 g/mol. The lowest BCUT2D eigenvalue weighted by atomic mass is 10.2. The van der Waals surface area contributed by atoms with Crippen LogP contribution in [0.15, 0.2) is 11.2 Å². The number of sulfonamides is 1. The molecule has 1 aromatic rings. The Morgan fingerprint density at radius 2 is 2.15 bits per heavy atom. The lowest BCUT2D eigenvalue weighted by Crippen LogP contribution is -2.51. The molecule has 3 heterocycles. The second-order valence-corrected chi connectivity index (χ2v) is 7.25. The highest BCUT2D eigenvalue weighted by Crippen LogP contribution is 2.20. The molecule has 0 spiro atoms. The summed E-state index contributed by atoms with van der Waals surface area (Å²) in [6, 6.07) is 0.195. The van der Waals surface area contributed by atoms with E-state index in [4.69, 9.17) is 0 Å². The van der Waals surface area contributed by atoms with Gasteiger partial charge in [0.1, 0.15) is 5.82 Å². The third kappa shape index (κ3) is 2.86. The van der Waals surface area contributed by atoms with E-state index in [2.05, 4.69) is 10.3 Å². The van der Waals surface area contributed by atoms with E-state index in [1.165, 1.54) is 0 Å². The van der Waals surface area contributed by atoms with Gasteiger partial charge in [-0.3, -0.25) is 0 Å². The van der Waals surface area contributed by atoms with Crippen LogP contribution in [0.25, 0.3) is 0 Å². The van der Waals surface area contributed by atoms with Crippen molar-refractivity contribution in [2.45, 2.75) is 43.8 Å². The van der Waals surface area contributed by atoms with Gasteiger partial charge < -0.3 is 9.88 Å². The third-order valence-electron chi connectivity index (χ3n) is 3.82. The molecule has 1 fully saturated rings. The van der Waals surface area contributed by atoms with Crippen LogP contribution < -0.4 is 5.32 Å². The van der Waals surface area contributed by atoms with Crippen molar-refractivity contribution in [3.8, 4) is 0 Å². The van der Waals surface area contributed by atoms with Crippen LogP contribution in [0.1, 0.15) is 25.6 Å². The number of nitrogens with zero attached hydrogens (tertiary/aromatic N) is 3. The van der Waals surface area contributed by atoms with Gasteiger partial charge in [0, 0.05) is 44.8 Å². The number of halogens is 1. The maximum atomic E-state index is 12.6. The summed E-state index contributed by atoms with van der Waals surface area (Å²) >= 11 is 0. The number of aromatic nitrogens is 2. The van der Waals surface area contributed by atoms with Gasteiger partial charge in [-0.2, -0.15) is 4.31 Å². The normalized spacial score (nSPS) is 23.9. The van der Waals surface area contributed by atoms with Crippen molar-refractivity contribution in [1.82, 2.24) is 19.2 Å². The van der Waals surface area contributed by atoms with Crippen LogP contribution in [0, 0.1) is 0 Å². The maximum absolute atomic E-state index is 12.6. The smallest absolute Gasteiger partial charge is 0.262 e. The minimum Gasteiger partial charge on any atom is -0.333 e. The van der Waals surface area contributed by atoms with E-state index in [1.54, 1.807) is 10.5 Å². The lowest BCUT2D eigenvalue weighted by Gasteiger charge is -2.30. The first kappa shape index (κ1) is 15.8. The fraction of sp³-hybridized carbons (Fsp3) is 0.750. The number of hydrogen-bond acceptors (Lipinski definition) is 4. The number of aryl methyl sites for hydroxylation is 2. The molecule has 1 unspecified atom stereocenters. The highest BCUT2D eigenvalue weighted by Gasteiger charge is 2.31. The van der Waals surface area contributed by atoms with E-state index < -0.39 is 10.0 Å². The molecule has 0 saturated carbocycles. The van der Waals surface area contributed by atoms with E-state index in [9.17, 15) is 8.42 Å². The van der Waals surface area contributed by atoms with Crippen LogP contribution in [0.3, 0.4) is 0 Å². The molecule has 1 saturated heterocycles. The average molecular weight is 321 g/mol. The maximum Gasteiger partial charge on any atom is 0.262 e. The van der Waals surface area contributed by atoms with Crippen molar-refractivity contribution in [3.05, 3.63) is 12.0 Å². The summed E-state index contributed by atoms with van der Waals surface area (Å²) in [5.41, 5.74) is 0. The van der Waals surface area contributed by atoms with Gasteiger partial charge >= 0.3 is 0 Å². The van der Waals surface area contributed by atoms with Crippen LogP contribution in [0.2, 0.25) is 0 Å². The Hall–Kier alpha value is -0.630. The molecule has 1 atom stereocenters. The molecule has 20 heavy (non-hydrogen) atoms. The average Bonchev–Trinajstić information content (AvgIpc) is 2.83. The van der Waals surface area contributed by atoms with Gasteiger partial charge in [-0.05, 0) is 19.8 Å².